The highest BCUT2D eigenvalue weighted by atomic mass is 16.1. The highest BCUT2D eigenvalue weighted by Crippen LogP contribution is 2.30. The van der Waals surface area contributed by atoms with Gasteiger partial charge in [-0.05, 0) is 37.6 Å². The number of primary amides is 1. The zero-order chi connectivity index (χ0) is 14.7. The monoisotopic (exact) mass is 283 g/mol. The number of nitrogens with zero attached hydrogens (tertiary/aromatic N) is 4. The summed E-state index contributed by atoms with van der Waals surface area (Å²) in [4.78, 5) is 26.4. The van der Waals surface area contributed by atoms with Gasteiger partial charge in [0.1, 0.15) is 5.69 Å². The summed E-state index contributed by atoms with van der Waals surface area (Å²) in [5.41, 5.74) is 6.98. The normalized spacial score (nSPS) is 18.8. The molecule has 2 aromatic heterocycles. The van der Waals surface area contributed by atoms with E-state index >= 15 is 0 Å². The summed E-state index contributed by atoms with van der Waals surface area (Å²) in [5, 5.41) is 0. The number of nitrogens with two attached hydrogens (primary N) is 1. The SMILES string of the molecule is NC(=O)CN1CCC[C@H]1c1ccnc(-c2ccccn2)n1. The minimum atomic E-state index is -0.305. The Labute approximate surface area is 123 Å². The standard InChI is InChI=1S/C15H17N5O/c16-14(21)10-20-9-3-5-13(20)11-6-8-18-15(19-11)12-4-1-2-7-17-12/h1-2,4,6-8,13H,3,5,9-10H2,(H2,16,21)/t13-/m0/s1. The van der Waals surface area contributed by atoms with Crippen molar-refractivity contribution in [3.63, 3.8) is 0 Å². The van der Waals surface area contributed by atoms with Gasteiger partial charge in [0.15, 0.2) is 5.82 Å². The fourth-order valence-corrected chi connectivity index (χ4v) is 2.73. The van der Waals surface area contributed by atoms with E-state index in [1.807, 2.05) is 24.3 Å². The lowest BCUT2D eigenvalue weighted by Gasteiger charge is -2.22. The summed E-state index contributed by atoms with van der Waals surface area (Å²) in [7, 11) is 0. The smallest absolute Gasteiger partial charge is 0.231 e. The quantitative estimate of drug-likeness (QED) is 0.910. The summed E-state index contributed by atoms with van der Waals surface area (Å²) in [6.45, 7) is 1.14. The lowest BCUT2D eigenvalue weighted by Crippen LogP contribution is -2.33. The zero-order valence-electron chi connectivity index (χ0n) is 11.6. The van der Waals surface area contributed by atoms with E-state index < -0.39 is 0 Å². The predicted octanol–water partition coefficient (Wildman–Crippen LogP) is 1.16. The number of likely N-dealkylation sites (tertiary alicyclic amines) is 1. The van der Waals surface area contributed by atoms with Gasteiger partial charge in [0.25, 0.3) is 0 Å². The van der Waals surface area contributed by atoms with E-state index in [0.717, 1.165) is 30.8 Å². The molecule has 0 spiro atoms. The fourth-order valence-electron chi connectivity index (χ4n) is 2.73. The molecule has 21 heavy (non-hydrogen) atoms. The van der Waals surface area contributed by atoms with Crippen molar-refractivity contribution in [2.45, 2.75) is 18.9 Å². The Bertz CT molecular complexity index is 631. The number of aromatic nitrogens is 3. The van der Waals surface area contributed by atoms with Gasteiger partial charge in [-0.25, -0.2) is 9.97 Å². The van der Waals surface area contributed by atoms with Crippen molar-refractivity contribution in [3.8, 4) is 11.5 Å². The molecule has 6 heteroatoms. The highest BCUT2D eigenvalue weighted by Gasteiger charge is 2.28. The second kappa shape index (κ2) is 5.97. The van der Waals surface area contributed by atoms with Crippen LogP contribution < -0.4 is 5.73 Å². The average Bonchev–Trinajstić information content (AvgIpc) is 2.96. The Kier molecular flexibility index (Phi) is 3.87. The van der Waals surface area contributed by atoms with E-state index in [1.54, 1.807) is 12.4 Å². The fraction of sp³-hybridized carbons (Fsp3) is 0.333. The minimum absolute atomic E-state index is 0.128. The van der Waals surface area contributed by atoms with Crippen LogP contribution in [0.25, 0.3) is 11.5 Å². The Morgan fingerprint density at radius 2 is 2.19 bits per heavy atom. The molecule has 1 aliphatic heterocycles. The summed E-state index contributed by atoms with van der Waals surface area (Å²) in [6.07, 6.45) is 5.49. The maximum atomic E-state index is 11.2. The molecule has 1 amide bonds. The molecule has 0 aliphatic carbocycles. The van der Waals surface area contributed by atoms with Crippen LogP contribution in [0.3, 0.4) is 0 Å². The third-order valence-corrected chi connectivity index (χ3v) is 3.64. The number of pyridine rings is 1. The second-order valence-electron chi connectivity index (χ2n) is 5.11. The molecule has 2 aromatic rings. The number of rotatable bonds is 4. The van der Waals surface area contributed by atoms with Gasteiger partial charge in [-0.15, -0.1) is 0 Å². The van der Waals surface area contributed by atoms with E-state index in [9.17, 15) is 4.79 Å². The van der Waals surface area contributed by atoms with Crippen LogP contribution in [0.1, 0.15) is 24.6 Å². The maximum Gasteiger partial charge on any atom is 0.231 e. The molecule has 3 rings (SSSR count). The van der Waals surface area contributed by atoms with E-state index in [2.05, 4.69) is 19.9 Å². The zero-order valence-corrected chi connectivity index (χ0v) is 11.6. The number of hydrogen-bond donors (Lipinski definition) is 1. The first-order valence-electron chi connectivity index (χ1n) is 7.01. The first-order chi connectivity index (χ1) is 10.2. The topological polar surface area (TPSA) is 85.0 Å². The third-order valence-electron chi connectivity index (χ3n) is 3.64. The van der Waals surface area contributed by atoms with E-state index in [0.29, 0.717) is 5.82 Å². The summed E-state index contributed by atoms with van der Waals surface area (Å²) in [5.74, 6) is 0.305. The Balaban J connectivity index is 1.87. The van der Waals surface area contributed by atoms with Gasteiger partial charge in [0.05, 0.1) is 18.3 Å². The van der Waals surface area contributed by atoms with Gasteiger partial charge in [-0.2, -0.15) is 0 Å². The highest BCUT2D eigenvalue weighted by molar-refractivity contribution is 5.76. The number of carbonyl (C=O) groups is 1. The molecule has 1 fully saturated rings. The largest absolute Gasteiger partial charge is 0.369 e. The molecule has 0 saturated carbocycles. The van der Waals surface area contributed by atoms with Crippen molar-refractivity contribution in [1.82, 2.24) is 19.9 Å². The number of amides is 1. The van der Waals surface area contributed by atoms with Crippen LogP contribution in [0.4, 0.5) is 0 Å². The van der Waals surface area contributed by atoms with Crippen LogP contribution in [0.15, 0.2) is 36.7 Å². The lowest BCUT2D eigenvalue weighted by molar-refractivity contribution is -0.119. The molecule has 0 radical (unpaired) electrons. The Morgan fingerprint density at radius 3 is 2.95 bits per heavy atom. The minimum Gasteiger partial charge on any atom is -0.369 e. The van der Waals surface area contributed by atoms with Crippen molar-refractivity contribution in [3.05, 3.63) is 42.4 Å². The van der Waals surface area contributed by atoms with Crippen molar-refractivity contribution in [2.75, 3.05) is 13.1 Å². The molecule has 0 aromatic carbocycles. The van der Waals surface area contributed by atoms with E-state index in [1.165, 1.54) is 0 Å². The van der Waals surface area contributed by atoms with Crippen LogP contribution in [0, 0.1) is 0 Å². The van der Waals surface area contributed by atoms with Crippen molar-refractivity contribution >= 4 is 5.91 Å². The van der Waals surface area contributed by atoms with E-state index in [-0.39, 0.29) is 18.5 Å². The molecule has 108 valence electrons. The van der Waals surface area contributed by atoms with Crippen LogP contribution in [0.2, 0.25) is 0 Å². The first-order valence-corrected chi connectivity index (χ1v) is 7.01. The number of hydrogen-bond acceptors (Lipinski definition) is 5. The summed E-state index contributed by atoms with van der Waals surface area (Å²) < 4.78 is 0. The van der Waals surface area contributed by atoms with Gasteiger partial charge in [0, 0.05) is 12.4 Å². The first kappa shape index (κ1) is 13.6. The molecule has 6 nitrogen and oxygen atoms in total. The Morgan fingerprint density at radius 1 is 1.29 bits per heavy atom. The molecule has 3 heterocycles. The molecular formula is C15H17N5O. The Hall–Kier alpha value is -2.34. The molecule has 1 aliphatic rings. The van der Waals surface area contributed by atoms with Crippen LogP contribution in [0.5, 0.6) is 0 Å². The molecule has 1 atom stereocenters. The predicted molar refractivity (Wildman–Crippen MR) is 78.0 cm³/mol. The van der Waals surface area contributed by atoms with Gasteiger partial charge in [-0.3, -0.25) is 14.7 Å². The van der Waals surface area contributed by atoms with Crippen LogP contribution in [-0.2, 0) is 4.79 Å². The van der Waals surface area contributed by atoms with Crippen molar-refractivity contribution in [2.24, 2.45) is 5.73 Å². The molecule has 1 saturated heterocycles. The van der Waals surface area contributed by atoms with E-state index in [4.69, 9.17) is 5.73 Å². The van der Waals surface area contributed by atoms with Crippen molar-refractivity contribution in [1.29, 1.82) is 0 Å². The summed E-state index contributed by atoms with van der Waals surface area (Å²) in [6, 6.07) is 7.68. The number of carbonyl (C=O) groups excluding carboxylic acids is 1. The maximum absolute atomic E-state index is 11.2. The van der Waals surface area contributed by atoms with Gasteiger partial charge in [0.2, 0.25) is 5.91 Å². The molecule has 0 bridgehead atoms. The summed E-state index contributed by atoms with van der Waals surface area (Å²) >= 11 is 0. The third kappa shape index (κ3) is 3.05. The van der Waals surface area contributed by atoms with Gasteiger partial charge < -0.3 is 5.73 Å². The van der Waals surface area contributed by atoms with Crippen LogP contribution >= 0.6 is 0 Å². The molecule has 0 unspecified atom stereocenters. The second-order valence-corrected chi connectivity index (χ2v) is 5.11. The van der Waals surface area contributed by atoms with Crippen LogP contribution in [-0.4, -0.2) is 38.8 Å². The van der Waals surface area contributed by atoms with Gasteiger partial charge >= 0.3 is 0 Å². The molecule has 2 N–H and O–H groups in total. The lowest BCUT2D eigenvalue weighted by atomic mass is 10.1. The average molecular weight is 283 g/mol. The molecular weight excluding hydrogens is 266 g/mol. The van der Waals surface area contributed by atoms with Crippen molar-refractivity contribution < 1.29 is 4.79 Å². The van der Waals surface area contributed by atoms with Gasteiger partial charge in [-0.1, -0.05) is 6.07 Å².